The van der Waals surface area contributed by atoms with Gasteiger partial charge in [-0.25, -0.2) is 14.2 Å². The third-order valence-electron chi connectivity index (χ3n) is 5.33. The Bertz CT molecular complexity index is 1060. The molecule has 0 bridgehead atoms. The third kappa shape index (κ3) is 3.55. The second kappa shape index (κ2) is 7.28. The number of fused-ring (bicyclic) bond motifs is 1. The predicted molar refractivity (Wildman–Crippen MR) is 106 cm³/mol. The van der Waals surface area contributed by atoms with Gasteiger partial charge in [-0.3, -0.25) is 4.39 Å². The lowest BCUT2D eigenvalue weighted by molar-refractivity contribution is 0.0601. The van der Waals surface area contributed by atoms with Crippen molar-refractivity contribution in [2.75, 3.05) is 13.8 Å². The fraction of sp³-hybridized carbons (Fsp3) is 0.333. The molecule has 1 saturated carbocycles. The molecule has 28 heavy (non-hydrogen) atoms. The number of esters is 1. The summed E-state index contributed by atoms with van der Waals surface area (Å²) in [5.74, 6) is -0.0492. The van der Waals surface area contributed by atoms with Gasteiger partial charge in [-0.05, 0) is 64.7 Å². The number of rotatable bonds is 6. The van der Waals surface area contributed by atoms with Crippen LogP contribution in [-0.4, -0.2) is 29.3 Å². The van der Waals surface area contributed by atoms with Crippen molar-refractivity contribution in [2.45, 2.75) is 25.8 Å². The maximum atomic E-state index is 13.9. The van der Waals surface area contributed by atoms with E-state index in [1.165, 1.54) is 13.2 Å². The van der Waals surface area contributed by atoms with E-state index in [1.54, 1.807) is 24.3 Å². The molecule has 0 radical (unpaired) electrons. The van der Waals surface area contributed by atoms with Crippen LogP contribution in [0.1, 0.15) is 34.6 Å². The summed E-state index contributed by atoms with van der Waals surface area (Å²) in [7, 11) is 1.33. The molecular formula is C21H19BrF2N2O2. The van der Waals surface area contributed by atoms with Gasteiger partial charge in [-0.2, -0.15) is 0 Å². The molecule has 3 aromatic rings. The van der Waals surface area contributed by atoms with E-state index in [-0.39, 0.29) is 11.2 Å². The van der Waals surface area contributed by atoms with Gasteiger partial charge >= 0.3 is 5.97 Å². The second-order valence-corrected chi connectivity index (χ2v) is 8.22. The molecule has 1 aromatic heterocycles. The predicted octanol–water partition coefficient (Wildman–Crippen LogP) is 5.07. The van der Waals surface area contributed by atoms with E-state index in [1.807, 2.05) is 10.6 Å². The maximum absolute atomic E-state index is 13.9. The summed E-state index contributed by atoms with van der Waals surface area (Å²) in [6, 6.07) is 10.1. The molecule has 1 aliphatic rings. The number of nitrogens with zero attached hydrogens (tertiary/aromatic N) is 2. The van der Waals surface area contributed by atoms with Gasteiger partial charge in [0.2, 0.25) is 0 Å². The highest BCUT2D eigenvalue weighted by molar-refractivity contribution is 9.10. The van der Waals surface area contributed by atoms with Crippen molar-refractivity contribution in [2.24, 2.45) is 5.41 Å². The Morgan fingerprint density at radius 1 is 1.29 bits per heavy atom. The number of hydrogen-bond acceptors (Lipinski definition) is 3. The van der Waals surface area contributed by atoms with Crippen LogP contribution in [0, 0.1) is 11.2 Å². The van der Waals surface area contributed by atoms with Crippen LogP contribution in [0.2, 0.25) is 0 Å². The number of hydrogen-bond donors (Lipinski definition) is 0. The minimum absolute atomic E-state index is 0.337. The number of imidazole rings is 1. The smallest absolute Gasteiger partial charge is 0.337 e. The topological polar surface area (TPSA) is 44.1 Å². The number of alkyl halides is 1. The zero-order chi connectivity index (χ0) is 19.9. The van der Waals surface area contributed by atoms with Gasteiger partial charge in [0, 0.05) is 18.4 Å². The van der Waals surface area contributed by atoms with Crippen molar-refractivity contribution in [1.29, 1.82) is 0 Å². The first kappa shape index (κ1) is 19.1. The number of ether oxygens (including phenoxy) is 1. The van der Waals surface area contributed by atoms with Gasteiger partial charge in [-0.1, -0.05) is 6.07 Å². The maximum Gasteiger partial charge on any atom is 0.337 e. The highest BCUT2D eigenvalue weighted by Crippen LogP contribution is 2.48. The summed E-state index contributed by atoms with van der Waals surface area (Å²) in [5, 5.41) is 0. The van der Waals surface area contributed by atoms with Crippen LogP contribution in [0.5, 0.6) is 0 Å². The fourth-order valence-electron chi connectivity index (χ4n) is 3.41. The minimum atomic E-state index is -0.433. The van der Waals surface area contributed by atoms with E-state index in [0.717, 1.165) is 35.3 Å². The van der Waals surface area contributed by atoms with E-state index < -0.39 is 12.6 Å². The Kier molecular flexibility index (Phi) is 4.95. The van der Waals surface area contributed by atoms with Crippen molar-refractivity contribution in [1.82, 2.24) is 9.55 Å². The van der Waals surface area contributed by atoms with Crippen LogP contribution in [0.25, 0.3) is 11.0 Å². The number of benzene rings is 2. The van der Waals surface area contributed by atoms with Crippen LogP contribution < -0.4 is 0 Å². The third-order valence-corrected chi connectivity index (χ3v) is 5.97. The molecule has 0 spiro atoms. The Morgan fingerprint density at radius 3 is 2.71 bits per heavy atom. The van der Waals surface area contributed by atoms with E-state index in [2.05, 4.69) is 20.9 Å². The molecule has 0 saturated heterocycles. The normalized spacial score (nSPS) is 15.0. The Labute approximate surface area is 169 Å². The molecule has 146 valence electrons. The first-order valence-corrected chi connectivity index (χ1v) is 9.81. The molecule has 0 atom stereocenters. The highest BCUT2D eigenvalue weighted by atomic mass is 79.9. The molecule has 0 unspecified atom stereocenters. The standard InChI is InChI=1S/C21H19BrF2N2O2/c1-28-20(27)14-3-5-17-18(10-14)26(12-21(11-23)6-7-21)19(25-17)9-13-2-4-15(22)16(24)8-13/h2-5,8,10H,6-7,9,11-12H2,1H3. The number of methoxy groups -OCH3 is 1. The molecular weight excluding hydrogens is 430 g/mol. The van der Waals surface area contributed by atoms with Crippen LogP contribution in [-0.2, 0) is 17.7 Å². The van der Waals surface area contributed by atoms with Crippen molar-refractivity contribution in [3.63, 3.8) is 0 Å². The summed E-state index contributed by atoms with van der Waals surface area (Å²) < 4.78 is 34.7. The van der Waals surface area contributed by atoms with Gasteiger partial charge in [0.1, 0.15) is 11.6 Å². The van der Waals surface area contributed by atoms with E-state index >= 15 is 0 Å². The van der Waals surface area contributed by atoms with Gasteiger partial charge in [-0.15, -0.1) is 0 Å². The highest BCUT2D eigenvalue weighted by Gasteiger charge is 2.43. The van der Waals surface area contributed by atoms with Gasteiger partial charge in [0.25, 0.3) is 0 Å². The summed E-state index contributed by atoms with van der Waals surface area (Å²) in [5.41, 5.74) is 2.30. The van der Waals surface area contributed by atoms with E-state index in [9.17, 15) is 13.6 Å². The Balaban J connectivity index is 1.79. The molecule has 1 aliphatic carbocycles. The second-order valence-electron chi connectivity index (χ2n) is 7.37. The first-order chi connectivity index (χ1) is 13.4. The Morgan fingerprint density at radius 2 is 2.07 bits per heavy atom. The monoisotopic (exact) mass is 448 g/mol. The van der Waals surface area contributed by atoms with E-state index in [4.69, 9.17) is 4.74 Å². The van der Waals surface area contributed by atoms with E-state index in [0.29, 0.717) is 23.0 Å². The van der Waals surface area contributed by atoms with Gasteiger partial charge < -0.3 is 9.30 Å². The van der Waals surface area contributed by atoms with Crippen molar-refractivity contribution in [3.05, 3.63) is 63.6 Å². The molecule has 1 heterocycles. The number of aromatic nitrogens is 2. The average Bonchev–Trinajstić information content (AvgIpc) is 3.41. The lowest BCUT2D eigenvalue weighted by Crippen LogP contribution is -2.16. The van der Waals surface area contributed by atoms with Crippen LogP contribution >= 0.6 is 15.9 Å². The molecule has 0 aliphatic heterocycles. The molecule has 2 aromatic carbocycles. The average molecular weight is 449 g/mol. The van der Waals surface area contributed by atoms with Gasteiger partial charge in [0.15, 0.2) is 0 Å². The fourth-order valence-corrected chi connectivity index (χ4v) is 3.65. The number of carbonyl (C=O) groups is 1. The molecule has 0 N–H and O–H groups in total. The number of halogens is 3. The lowest BCUT2D eigenvalue weighted by Gasteiger charge is -2.16. The number of carbonyl (C=O) groups excluding carboxylic acids is 1. The van der Waals surface area contributed by atoms with Crippen LogP contribution in [0.4, 0.5) is 8.78 Å². The quantitative estimate of drug-likeness (QED) is 0.494. The zero-order valence-electron chi connectivity index (χ0n) is 15.3. The van der Waals surface area contributed by atoms with Crippen molar-refractivity contribution < 1.29 is 18.3 Å². The molecule has 0 amide bonds. The largest absolute Gasteiger partial charge is 0.465 e. The first-order valence-electron chi connectivity index (χ1n) is 9.02. The summed E-state index contributed by atoms with van der Waals surface area (Å²) in [4.78, 5) is 16.6. The molecule has 1 fully saturated rings. The van der Waals surface area contributed by atoms with Crippen molar-refractivity contribution in [3.8, 4) is 0 Å². The molecule has 4 rings (SSSR count). The van der Waals surface area contributed by atoms with Crippen LogP contribution in [0.15, 0.2) is 40.9 Å². The van der Waals surface area contributed by atoms with Crippen LogP contribution in [0.3, 0.4) is 0 Å². The zero-order valence-corrected chi connectivity index (χ0v) is 16.9. The summed E-state index contributed by atoms with van der Waals surface area (Å²) >= 11 is 3.16. The lowest BCUT2D eigenvalue weighted by atomic mass is 10.1. The SMILES string of the molecule is COC(=O)c1ccc2nc(Cc3ccc(Br)c(F)c3)n(CC3(CF)CC3)c2c1. The minimum Gasteiger partial charge on any atom is -0.465 e. The summed E-state index contributed by atoms with van der Waals surface area (Å²) in [6.45, 7) is 0.0920. The molecule has 4 nitrogen and oxygen atoms in total. The summed E-state index contributed by atoms with van der Waals surface area (Å²) in [6.07, 6.45) is 2.06. The Hall–Kier alpha value is -2.28. The van der Waals surface area contributed by atoms with Crippen molar-refractivity contribution >= 4 is 32.9 Å². The molecule has 7 heteroatoms. The van der Waals surface area contributed by atoms with Gasteiger partial charge in [0.05, 0.1) is 34.9 Å².